The molecule has 21 heavy (non-hydrogen) atoms. The number of amides is 1. The molecule has 0 aliphatic carbocycles. The number of aliphatic hydroxyl groups is 1. The molecule has 2 aliphatic rings. The fourth-order valence-corrected chi connectivity index (χ4v) is 3.53. The minimum absolute atomic E-state index is 0.119. The summed E-state index contributed by atoms with van der Waals surface area (Å²) in [6, 6.07) is 8.30. The van der Waals surface area contributed by atoms with Gasteiger partial charge in [0.15, 0.2) is 0 Å². The number of likely N-dealkylation sites (tertiary alicyclic amines) is 1. The van der Waals surface area contributed by atoms with E-state index in [-0.39, 0.29) is 24.1 Å². The average molecular weight is 288 g/mol. The van der Waals surface area contributed by atoms with Crippen molar-refractivity contribution in [1.82, 2.24) is 4.90 Å². The molecule has 1 N–H and O–H groups in total. The maximum absolute atomic E-state index is 12.9. The van der Waals surface area contributed by atoms with E-state index in [4.69, 9.17) is 0 Å². The predicted octanol–water partition coefficient (Wildman–Crippen LogP) is 1.81. The number of hydrogen-bond acceptors (Lipinski definition) is 3. The molecule has 3 rings (SSSR count). The van der Waals surface area contributed by atoms with Crippen LogP contribution in [0.15, 0.2) is 24.3 Å². The highest BCUT2D eigenvalue weighted by molar-refractivity contribution is 5.99. The van der Waals surface area contributed by atoms with E-state index in [0.717, 1.165) is 38.0 Å². The molecule has 1 aromatic carbocycles. The number of benzene rings is 1. The Bertz CT molecular complexity index is 523. The molecule has 2 unspecified atom stereocenters. The third-order valence-corrected chi connectivity index (χ3v) is 4.85. The number of para-hydroxylation sites is 1. The number of fused-ring (bicyclic) bond motifs is 1. The summed E-state index contributed by atoms with van der Waals surface area (Å²) in [6.07, 6.45) is 2.27. The Hall–Kier alpha value is -1.39. The zero-order chi connectivity index (χ0) is 15.0. The lowest BCUT2D eigenvalue weighted by Gasteiger charge is -2.36. The van der Waals surface area contributed by atoms with Gasteiger partial charge in [-0.25, -0.2) is 0 Å². The molecule has 0 saturated carbocycles. The molecular weight excluding hydrogens is 264 g/mol. The van der Waals surface area contributed by atoms with Crippen molar-refractivity contribution in [1.29, 1.82) is 0 Å². The summed E-state index contributed by atoms with van der Waals surface area (Å²) in [7, 11) is 0. The number of piperidine rings is 1. The van der Waals surface area contributed by atoms with Crippen LogP contribution in [0.2, 0.25) is 0 Å². The van der Waals surface area contributed by atoms with E-state index in [9.17, 15) is 9.90 Å². The van der Waals surface area contributed by atoms with Gasteiger partial charge in [0.05, 0.1) is 12.1 Å². The van der Waals surface area contributed by atoms with E-state index >= 15 is 0 Å². The summed E-state index contributed by atoms with van der Waals surface area (Å²) in [5.41, 5.74) is 2.33. The minimum atomic E-state index is -0.199. The summed E-state index contributed by atoms with van der Waals surface area (Å²) in [5.74, 6) is 0.184. The SMILES string of the molecule is CC(C(=O)N1c2ccccc2CC1C)N1CCC(O)CC1. The van der Waals surface area contributed by atoms with Crippen LogP contribution >= 0.6 is 0 Å². The number of aliphatic hydroxyl groups excluding tert-OH is 1. The Balaban J connectivity index is 1.76. The van der Waals surface area contributed by atoms with Crippen LogP contribution < -0.4 is 4.90 Å². The maximum Gasteiger partial charge on any atom is 0.244 e. The van der Waals surface area contributed by atoms with Gasteiger partial charge in [-0.05, 0) is 44.7 Å². The van der Waals surface area contributed by atoms with Gasteiger partial charge in [0, 0.05) is 24.8 Å². The molecule has 2 heterocycles. The quantitative estimate of drug-likeness (QED) is 0.902. The molecule has 0 bridgehead atoms. The Kier molecular flexibility index (Phi) is 4.00. The molecule has 1 fully saturated rings. The fourth-order valence-electron chi connectivity index (χ4n) is 3.53. The predicted molar refractivity (Wildman–Crippen MR) is 83.4 cm³/mol. The standard InChI is InChI=1S/C17H24N2O2/c1-12-11-14-5-3-4-6-16(14)19(12)17(21)13(2)18-9-7-15(20)8-10-18/h3-6,12-13,15,20H,7-11H2,1-2H3. The second kappa shape index (κ2) is 5.78. The van der Waals surface area contributed by atoms with Gasteiger partial charge in [-0.3, -0.25) is 9.69 Å². The van der Waals surface area contributed by atoms with Crippen LogP contribution in [0.4, 0.5) is 5.69 Å². The van der Waals surface area contributed by atoms with Gasteiger partial charge in [-0.15, -0.1) is 0 Å². The van der Waals surface area contributed by atoms with Crippen molar-refractivity contribution in [3.8, 4) is 0 Å². The molecule has 4 nitrogen and oxygen atoms in total. The van der Waals surface area contributed by atoms with Gasteiger partial charge in [0.25, 0.3) is 0 Å². The maximum atomic E-state index is 12.9. The van der Waals surface area contributed by atoms with Crippen molar-refractivity contribution in [3.05, 3.63) is 29.8 Å². The molecule has 1 amide bonds. The van der Waals surface area contributed by atoms with Crippen LogP contribution in [0.1, 0.15) is 32.3 Å². The zero-order valence-corrected chi connectivity index (χ0v) is 12.8. The summed E-state index contributed by atoms with van der Waals surface area (Å²) in [5, 5.41) is 9.61. The smallest absolute Gasteiger partial charge is 0.244 e. The summed E-state index contributed by atoms with van der Waals surface area (Å²) < 4.78 is 0. The van der Waals surface area contributed by atoms with Gasteiger partial charge in [0.1, 0.15) is 0 Å². The van der Waals surface area contributed by atoms with Gasteiger partial charge in [-0.1, -0.05) is 18.2 Å². The summed E-state index contributed by atoms with van der Waals surface area (Å²) in [6.45, 7) is 5.72. The average Bonchev–Trinajstić information content (AvgIpc) is 2.82. The Morgan fingerprint density at radius 1 is 1.29 bits per heavy atom. The molecule has 4 heteroatoms. The molecule has 1 saturated heterocycles. The Labute approximate surface area is 126 Å². The Morgan fingerprint density at radius 3 is 2.67 bits per heavy atom. The van der Waals surface area contributed by atoms with Crippen molar-refractivity contribution in [2.45, 2.75) is 51.3 Å². The van der Waals surface area contributed by atoms with Crippen LogP contribution in [0.25, 0.3) is 0 Å². The highest BCUT2D eigenvalue weighted by atomic mass is 16.3. The van der Waals surface area contributed by atoms with Crippen molar-refractivity contribution < 1.29 is 9.90 Å². The highest BCUT2D eigenvalue weighted by Gasteiger charge is 2.35. The normalized spacial score (nSPS) is 24.9. The monoisotopic (exact) mass is 288 g/mol. The van der Waals surface area contributed by atoms with E-state index in [1.807, 2.05) is 30.0 Å². The lowest BCUT2D eigenvalue weighted by Crippen LogP contribution is -2.51. The number of nitrogens with zero attached hydrogens (tertiary/aromatic N) is 2. The van der Waals surface area contributed by atoms with Gasteiger partial charge in [0.2, 0.25) is 5.91 Å². The first-order valence-electron chi connectivity index (χ1n) is 7.91. The lowest BCUT2D eigenvalue weighted by molar-refractivity contribution is -0.124. The zero-order valence-electron chi connectivity index (χ0n) is 12.8. The molecule has 1 aromatic rings. The largest absolute Gasteiger partial charge is 0.393 e. The molecule has 0 radical (unpaired) electrons. The van der Waals surface area contributed by atoms with Crippen LogP contribution in [0.3, 0.4) is 0 Å². The van der Waals surface area contributed by atoms with Crippen LogP contribution in [-0.4, -0.2) is 47.2 Å². The van der Waals surface area contributed by atoms with E-state index in [2.05, 4.69) is 17.9 Å². The number of hydrogen-bond donors (Lipinski definition) is 1. The summed E-state index contributed by atoms with van der Waals surface area (Å²) in [4.78, 5) is 17.1. The molecular formula is C17H24N2O2. The molecule has 114 valence electrons. The second-order valence-electron chi connectivity index (χ2n) is 6.33. The summed E-state index contributed by atoms with van der Waals surface area (Å²) >= 11 is 0. The van der Waals surface area contributed by atoms with E-state index in [0.29, 0.717) is 0 Å². The van der Waals surface area contributed by atoms with Crippen molar-refractivity contribution in [2.24, 2.45) is 0 Å². The van der Waals surface area contributed by atoms with Crippen LogP contribution in [0.5, 0.6) is 0 Å². The number of carbonyl (C=O) groups excluding carboxylic acids is 1. The number of anilines is 1. The van der Waals surface area contributed by atoms with Gasteiger partial charge < -0.3 is 10.0 Å². The first kappa shape index (κ1) is 14.5. The fraction of sp³-hybridized carbons (Fsp3) is 0.588. The van der Waals surface area contributed by atoms with E-state index in [1.54, 1.807) is 0 Å². The van der Waals surface area contributed by atoms with Crippen LogP contribution in [0, 0.1) is 0 Å². The van der Waals surface area contributed by atoms with Gasteiger partial charge in [-0.2, -0.15) is 0 Å². The second-order valence-corrected chi connectivity index (χ2v) is 6.33. The first-order chi connectivity index (χ1) is 10.1. The molecule has 0 aromatic heterocycles. The lowest BCUT2D eigenvalue weighted by atomic mass is 10.1. The number of carbonyl (C=O) groups is 1. The third kappa shape index (κ3) is 2.70. The highest BCUT2D eigenvalue weighted by Crippen LogP contribution is 2.32. The van der Waals surface area contributed by atoms with Crippen molar-refractivity contribution in [3.63, 3.8) is 0 Å². The van der Waals surface area contributed by atoms with Gasteiger partial charge >= 0.3 is 0 Å². The van der Waals surface area contributed by atoms with E-state index < -0.39 is 0 Å². The van der Waals surface area contributed by atoms with E-state index in [1.165, 1.54) is 5.56 Å². The van der Waals surface area contributed by atoms with Crippen LogP contribution in [-0.2, 0) is 11.2 Å². The third-order valence-electron chi connectivity index (χ3n) is 4.85. The first-order valence-corrected chi connectivity index (χ1v) is 7.91. The van der Waals surface area contributed by atoms with Crippen molar-refractivity contribution in [2.75, 3.05) is 18.0 Å². The molecule has 2 aliphatic heterocycles. The minimum Gasteiger partial charge on any atom is -0.393 e. The number of rotatable bonds is 2. The Morgan fingerprint density at radius 2 is 1.95 bits per heavy atom. The molecule has 2 atom stereocenters. The molecule has 0 spiro atoms. The van der Waals surface area contributed by atoms with Crippen molar-refractivity contribution >= 4 is 11.6 Å². The topological polar surface area (TPSA) is 43.8 Å².